The molecule has 0 bridgehead atoms. The molecule has 4 rings (SSSR count). The molecule has 0 N–H and O–H groups in total. The highest BCUT2D eigenvalue weighted by molar-refractivity contribution is 5.80. The molecule has 0 fully saturated rings. The van der Waals surface area contributed by atoms with Crippen molar-refractivity contribution in [2.24, 2.45) is 0 Å². The zero-order chi connectivity index (χ0) is 18.9. The van der Waals surface area contributed by atoms with Crippen molar-refractivity contribution in [2.75, 3.05) is 0 Å². The summed E-state index contributed by atoms with van der Waals surface area (Å²) in [5.41, 5.74) is 2.95. The number of benzene rings is 3. The standard InChI is InChI=1S/C21H15F3N2O/c22-21(23,24)27-19-13-7-4-10-16(19)14-26-18-12-6-5-11-17(18)25-20(26)15-8-2-1-3-9-15/h1-13H,14H2. The highest BCUT2D eigenvalue weighted by Crippen LogP contribution is 2.30. The summed E-state index contributed by atoms with van der Waals surface area (Å²) in [5, 5.41) is 0. The first-order valence-corrected chi connectivity index (χ1v) is 8.35. The van der Waals surface area contributed by atoms with Gasteiger partial charge in [-0.3, -0.25) is 0 Å². The van der Waals surface area contributed by atoms with Crippen molar-refractivity contribution in [1.29, 1.82) is 0 Å². The van der Waals surface area contributed by atoms with E-state index in [4.69, 9.17) is 0 Å². The van der Waals surface area contributed by atoms with E-state index in [1.54, 1.807) is 12.1 Å². The van der Waals surface area contributed by atoms with Gasteiger partial charge in [-0.25, -0.2) is 4.98 Å². The molecule has 0 aliphatic heterocycles. The van der Waals surface area contributed by atoms with Crippen molar-refractivity contribution in [2.45, 2.75) is 12.9 Å². The lowest BCUT2D eigenvalue weighted by molar-refractivity contribution is -0.274. The molecule has 1 heterocycles. The van der Waals surface area contributed by atoms with E-state index in [2.05, 4.69) is 9.72 Å². The first-order valence-electron chi connectivity index (χ1n) is 8.35. The summed E-state index contributed by atoms with van der Waals surface area (Å²) in [7, 11) is 0. The zero-order valence-corrected chi connectivity index (χ0v) is 14.1. The van der Waals surface area contributed by atoms with Gasteiger partial charge in [-0.2, -0.15) is 0 Å². The zero-order valence-electron chi connectivity index (χ0n) is 14.1. The van der Waals surface area contributed by atoms with E-state index in [1.807, 2.05) is 59.2 Å². The Hall–Kier alpha value is -3.28. The number of rotatable bonds is 4. The van der Waals surface area contributed by atoms with Crippen molar-refractivity contribution in [3.05, 3.63) is 84.4 Å². The molecule has 1 aromatic heterocycles. The highest BCUT2D eigenvalue weighted by Gasteiger charge is 2.32. The van der Waals surface area contributed by atoms with E-state index in [0.29, 0.717) is 11.4 Å². The Kier molecular flexibility index (Phi) is 4.32. The third-order valence-corrected chi connectivity index (χ3v) is 4.21. The fourth-order valence-electron chi connectivity index (χ4n) is 3.07. The molecule has 0 saturated carbocycles. The number of ether oxygens (including phenoxy) is 1. The van der Waals surface area contributed by atoms with Gasteiger partial charge >= 0.3 is 6.36 Å². The number of fused-ring (bicyclic) bond motifs is 1. The van der Waals surface area contributed by atoms with Gasteiger partial charge in [-0.1, -0.05) is 60.7 Å². The molecule has 27 heavy (non-hydrogen) atoms. The Morgan fingerprint density at radius 2 is 1.48 bits per heavy atom. The Morgan fingerprint density at radius 1 is 0.815 bits per heavy atom. The molecule has 0 amide bonds. The molecular weight excluding hydrogens is 353 g/mol. The largest absolute Gasteiger partial charge is 0.573 e. The molecule has 3 nitrogen and oxygen atoms in total. The third-order valence-electron chi connectivity index (χ3n) is 4.21. The van der Waals surface area contributed by atoms with Crippen molar-refractivity contribution < 1.29 is 17.9 Å². The Morgan fingerprint density at radius 3 is 2.26 bits per heavy atom. The summed E-state index contributed by atoms with van der Waals surface area (Å²) < 4.78 is 44.4. The van der Waals surface area contributed by atoms with Crippen molar-refractivity contribution in [1.82, 2.24) is 9.55 Å². The molecule has 0 aliphatic rings. The van der Waals surface area contributed by atoms with E-state index in [0.717, 1.165) is 16.6 Å². The quantitative estimate of drug-likeness (QED) is 0.465. The monoisotopic (exact) mass is 368 g/mol. The van der Waals surface area contributed by atoms with Gasteiger partial charge in [0.25, 0.3) is 0 Å². The second-order valence-electron chi connectivity index (χ2n) is 6.03. The molecular formula is C21H15F3N2O. The van der Waals surface area contributed by atoms with Crippen LogP contribution in [-0.2, 0) is 6.54 Å². The predicted octanol–water partition coefficient (Wildman–Crippen LogP) is 5.65. The van der Waals surface area contributed by atoms with Crippen molar-refractivity contribution in [3.63, 3.8) is 0 Å². The highest BCUT2D eigenvalue weighted by atomic mass is 19.4. The summed E-state index contributed by atoms with van der Waals surface area (Å²) in [4.78, 5) is 4.68. The van der Waals surface area contributed by atoms with Gasteiger partial charge in [-0.15, -0.1) is 13.2 Å². The number of imidazole rings is 1. The van der Waals surface area contributed by atoms with Gasteiger partial charge in [0, 0.05) is 11.1 Å². The van der Waals surface area contributed by atoms with Crippen LogP contribution in [0.5, 0.6) is 5.75 Å². The van der Waals surface area contributed by atoms with Gasteiger partial charge in [0.1, 0.15) is 11.6 Å². The maximum Gasteiger partial charge on any atom is 0.573 e. The van der Waals surface area contributed by atoms with Gasteiger partial charge in [0.15, 0.2) is 0 Å². The topological polar surface area (TPSA) is 27.1 Å². The molecule has 6 heteroatoms. The maximum absolute atomic E-state index is 12.8. The first-order chi connectivity index (χ1) is 13.0. The number of nitrogens with zero attached hydrogens (tertiary/aromatic N) is 2. The smallest absolute Gasteiger partial charge is 0.405 e. The number of halogens is 3. The van der Waals surface area contributed by atoms with Crippen LogP contribution in [0.15, 0.2) is 78.9 Å². The predicted molar refractivity (Wildman–Crippen MR) is 97.4 cm³/mol. The lowest BCUT2D eigenvalue weighted by Gasteiger charge is -2.15. The van der Waals surface area contributed by atoms with Crippen LogP contribution in [0.2, 0.25) is 0 Å². The number of hydrogen-bond acceptors (Lipinski definition) is 2. The van der Waals surface area contributed by atoms with Crippen LogP contribution in [0.25, 0.3) is 22.4 Å². The van der Waals surface area contributed by atoms with Crippen LogP contribution >= 0.6 is 0 Å². The maximum atomic E-state index is 12.8. The molecule has 4 aromatic rings. The molecule has 0 spiro atoms. The fraction of sp³-hybridized carbons (Fsp3) is 0.0952. The fourth-order valence-corrected chi connectivity index (χ4v) is 3.07. The van der Waals surface area contributed by atoms with E-state index < -0.39 is 6.36 Å². The normalized spacial score (nSPS) is 11.7. The van der Waals surface area contributed by atoms with Crippen LogP contribution in [0.3, 0.4) is 0 Å². The van der Waals surface area contributed by atoms with Crippen LogP contribution in [-0.4, -0.2) is 15.9 Å². The average Bonchev–Trinajstić information content (AvgIpc) is 3.02. The minimum atomic E-state index is -4.74. The second kappa shape index (κ2) is 6.79. The molecule has 0 unspecified atom stereocenters. The third kappa shape index (κ3) is 3.65. The van der Waals surface area contributed by atoms with Gasteiger partial charge in [0.05, 0.1) is 17.6 Å². The second-order valence-corrected chi connectivity index (χ2v) is 6.03. The van der Waals surface area contributed by atoms with Crippen LogP contribution in [0.4, 0.5) is 13.2 Å². The first kappa shape index (κ1) is 17.1. The van der Waals surface area contributed by atoms with Crippen LogP contribution < -0.4 is 4.74 Å². The number of hydrogen-bond donors (Lipinski definition) is 0. The lowest BCUT2D eigenvalue weighted by atomic mass is 10.1. The Balaban J connectivity index is 1.83. The summed E-state index contributed by atoms with van der Waals surface area (Å²) in [5.74, 6) is 0.486. The molecule has 0 saturated heterocycles. The van der Waals surface area contributed by atoms with Crippen molar-refractivity contribution >= 4 is 11.0 Å². The molecule has 0 aliphatic carbocycles. The molecule has 3 aromatic carbocycles. The lowest BCUT2D eigenvalue weighted by Crippen LogP contribution is -2.18. The summed E-state index contributed by atoms with van der Waals surface area (Å²) in [6.07, 6.45) is -4.74. The summed E-state index contributed by atoms with van der Waals surface area (Å²) in [6, 6.07) is 23.3. The van der Waals surface area contributed by atoms with Gasteiger partial charge in [-0.05, 0) is 18.2 Å². The molecule has 136 valence electrons. The minimum Gasteiger partial charge on any atom is -0.405 e. The van der Waals surface area contributed by atoms with E-state index in [-0.39, 0.29) is 12.3 Å². The van der Waals surface area contributed by atoms with Gasteiger partial charge in [0.2, 0.25) is 0 Å². The Bertz CT molecular complexity index is 1070. The van der Waals surface area contributed by atoms with E-state index >= 15 is 0 Å². The van der Waals surface area contributed by atoms with E-state index in [1.165, 1.54) is 12.1 Å². The Labute approximate surface area is 153 Å². The number of para-hydroxylation sites is 3. The van der Waals surface area contributed by atoms with Crippen LogP contribution in [0.1, 0.15) is 5.56 Å². The minimum absolute atomic E-state index is 0.205. The van der Waals surface area contributed by atoms with Gasteiger partial charge < -0.3 is 9.30 Å². The molecule has 0 atom stereocenters. The SMILES string of the molecule is FC(F)(F)Oc1ccccc1Cn1c(-c2ccccc2)nc2ccccc21. The van der Waals surface area contributed by atoms with Crippen molar-refractivity contribution in [3.8, 4) is 17.1 Å². The number of aromatic nitrogens is 2. The summed E-state index contributed by atoms with van der Waals surface area (Å²) >= 11 is 0. The molecule has 0 radical (unpaired) electrons. The average molecular weight is 368 g/mol. The van der Waals surface area contributed by atoms with E-state index in [9.17, 15) is 13.2 Å². The van der Waals surface area contributed by atoms with Crippen LogP contribution in [0, 0.1) is 0 Å². The number of alkyl halides is 3. The summed E-state index contributed by atoms with van der Waals surface area (Å²) in [6.45, 7) is 0.205.